The molecule has 0 aromatic heterocycles. The first kappa shape index (κ1) is 36.8. The second kappa shape index (κ2) is 17.7. The molecule has 4 amide bonds. The molecule has 0 aliphatic heterocycles. The minimum atomic E-state index is -1.37. The highest BCUT2D eigenvalue weighted by atomic mass is 16.4. The van der Waals surface area contributed by atoms with E-state index in [4.69, 9.17) is 10.8 Å². The summed E-state index contributed by atoms with van der Waals surface area (Å²) in [5, 5.41) is 38.0. The number of nitrogens with two attached hydrogens (primary N) is 1. The van der Waals surface area contributed by atoms with Crippen molar-refractivity contribution in [3.63, 3.8) is 0 Å². The van der Waals surface area contributed by atoms with E-state index in [2.05, 4.69) is 21.3 Å². The molecule has 0 fully saturated rings. The van der Waals surface area contributed by atoms with Crippen LogP contribution in [0.2, 0.25) is 0 Å². The molecule has 43 heavy (non-hydrogen) atoms. The number of benzene rings is 1. The maximum Gasteiger partial charge on any atom is 0.326 e. The highest BCUT2D eigenvalue weighted by Crippen LogP contribution is 2.12. The fraction of sp³-hybridized carbons (Fsp3) is 0.586. The number of hydrogen-bond acceptors (Lipinski definition) is 8. The molecule has 0 unspecified atom stereocenters. The molecule has 0 spiro atoms. The zero-order valence-corrected chi connectivity index (χ0v) is 25.3. The zero-order chi connectivity index (χ0) is 32.9. The molecule has 0 aliphatic carbocycles. The largest absolute Gasteiger partial charge is 0.508 e. The molecule has 1 rings (SSSR count). The van der Waals surface area contributed by atoms with Crippen molar-refractivity contribution in [3.8, 4) is 5.75 Å². The van der Waals surface area contributed by atoms with Crippen LogP contribution in [0.4, 0.5) is 0 Å². The third kappa shape index (κ3) is 14.0. The molecule has 0 heterocycles. The number of nitrogens with one attached hydrogen (secondary N) is 4. The van der Waals surface area contributed by atoms with Crippen molar-refractivity contribution in [3.05, 3.63) is 29.8 Å². The van der Waals surface area contributed by atoms with Gasteiger partial charge in [-0.25, -0.2) is 4.79 Å². The minimum absolute atomic E-state index is 0.00635. The Hall–Kier alpha value is -4.20. The fourth-order valence-corrected chi connectivity index (χ4v) is 4.15. The van der Waals surface area contributed by atoms with Crippen molar-refractivity contribution in [2.45, 2.75) is 96.9 Å². The Kier molecular flexibility index (Phi) is 15.1. The number of carboxylic acid groups (broad SMARTS) is 2. The van der Waals surface area contributed by atoms with E-state index in [1.807, 2.05) is 27.7 Å². The van der Waals surface area contributed by atoms with Crippen molar-refractivity contribution in [1.29, 1.82) is 0 Å². The molecule has 240 valence electrons. The van der Waals surface area contributed by atoms with Crippen LogP contribution in [0.3, 0.4) is 0 Å². The molecule has 0 radical (unpaired) electrons. The van der Waals surface area contributed by atoms with Crippen LogP contribution in [-0.2, 0) is 35.2 Å². The summed E-state index contributed by atoms with van der Waals surface area (Å²) in [5.74, 6) is -5.39. The molecule has 0 bridgehead atoms. The topological polar surface area (TPSA) is 237 Å². The Labute approximate surface area is 251 Å². The Bertz CT molecular complexity index is 1120. The third-order valence-corrected chi connectivity index (χ3v) is 6.42. The SMILES string of the molecule is CC(C)C[C@H](N)C(=O)N[C@H](CC(C)C)C(=O)N[C@H](CCC(=O)O)C(=O)N[C@H](C)C(=O)N[C@H](Cc1ccc(O)cc1)C(=O)O. The molecule has 9 N–H and O–H groups in total. The smallest absolute Gasteiger partial charge is 0.326 e. The van der Waals surface area contributed by atoms with Gasteiger partial charge in [0.15, 0.2) is 0 Å². The van der Waals surface area contributed by atoms with E-state index in [-0.39, 0.29) is 36.8 Å². The lowest BCUT2D eigenvalue weighted by Crippen LogP contribution is -2.58. The number of aromatic hydroxyl groups is 1. The van der Waals surface area contributed by atoms with E-state index >= 15 is 0 Å². The summed E-state index contributed by atoms with van der Waals surface area (Å²) >= 11 is 0. The monoisotopic (exact) mass is 607 g/mol. The Balaban J connectivity index is 2.98. The van der Waals surface area contributed by atoms with Crippen LogP contribution in [0.25, 0.3) is 0 Å². The van der Waals surface area contributed by atoms with Gasteiger partial charge in [-0.1, -0.05) is 39.8 Å². The van der Waals surface area contributed by atoms with Gasteiger partial charge in [0.1, 0.15) is 29.9 Å². The van der Waals surface area contributed by atoms with Crippen LogP contribution in [0, 0.1) is 11.8 Å². The summed E-state index contributed by atoms with van der Waals surface area (Å²) < 4.78 is 0. The van der Waals surface area contributed by atoms with Gasteiger partial charge in [0.25, 0.3) is 0 Å². The molecule has 0 saturated heterocycles. The first-order valence-electron chi connectivity index (χ1n) is 14.2. The highest BCUT2D eigenvalue weighted by molar-refractivity contribution is 5.95. The van der Waals surface area contributed by atoms with Crippen molar-refractivity contribution in [1.82, 2.24) is 21.3 Å². The number of hydrogen-bond donors (Lipinski definition) is 8. The van der Waals surface area contributed by atoms with Crippen molar-refractivity contribution >= 4 is 35.6 Å². The summed E-state index contributed by atoms with van der Waals surface area (Å²) in [6, 6.07) is -0.110. The summed E-state index contributed by atoms with van der Waals surface area (Å²) in [5.41, 5.74) is 6.49. The first-order valence-corrected chi connectivity index (χ1v) is 14.2. The standard InChI is InChI=1S/C29H45N5O9/c1-15(2)12-20(30)26(39)33-22(13-16(3)4)28(41)32-21(10-11-24(36)37)27(40)31-17(5)25(38)34-23(29(42)43)14-18-6-8-19(35)9-7-18/h6-9,15-17,20-23,35H,10-14,30H2,1-5H3,(H,31,40)(H,32,41)(H,33,39)(H,34,38)(H,36,37)(H,42,43)/t17-,20+,21-,22-,23-/m1/s1. The third-order valence-electron chi connectivity index (χ3n) is 6.42. The molecule has 0 saturated carbocycles. The molecule has 14 nitrogen and oxygen atoms in total. The number of phenols is 1. The number of amides is 4. The number of aliphatic carboxylic acids is 2. The number of phenolic OH excluding ortho intramolecular Hbond substituents is 1. The molecular formula is C29H45N5O9. The van der Waals surface area contributed by atoms with E-state index in [1.165, 1.54) is 31.2 Å². The number of rotatable bonds is 18. The van der Waals surface area contributed by atoms with Crippen LogP contribution in [0.5, 0.6) is 5.75 Å². The Morgan fingerprint density at radius 1 is 0.698 bits per heavy atom. The Morgan fingerprint density at radius 3 is 1.72 bits per heavy atom. The van der Waals surface area contributed by atoms with Gasteiger partial charge in [0.2, 0.25) is 23.6 Å². The fourth-order valence-electron chi connectivity index (χ4n) is 4.15. The average molecular weight is 608 g/mol. The average Bonchev–Trinajstić information content (AvgIpc) is 2.90. The first-order chi connectivity index (χ1) is 20.0. The molecular weight excluding hydrogens is 562 g/mol. The van der Waals surface area contributed by atoms with Gasteiger partial charge >= 0.3 is 11.9 Å². The van der Waals surface area contributed by atoms with E-state index in [0.717, 1.165) is 0 Å². The zero-order valence-electron chi connectivity index (χ0n) is 25.3. The van der Waals surface area contributed by atoms with Gasteiger partial charge in [-0.15, -0.1) is 0 Å². The number of carboxylic acids is 2. The summed E-state index contributed by atoms with van der Waals surface area (Å²) in [7, 11) is 0. The van der Waals surface area contributed by atoms with Gasteiger partial charge < -0.3 is 42.3 Å². The van der Waals surface area contributed by atoms with Gasteiger partial charge in [-0.3, -0.25) is 24.0 Å². The van der Waals surface area contributed by atoms with Crippen LogP contribution in [0.15, 0.2) is 24.3 Å². The minimum Gasteiger partial charge on any atom is -0.508 e. The predicted octanol–water partition coefficient (Wildman–Crippen LogP) is 0.263. The molecule has 1 aromatic carbocycles. The number of carbonyl (C=O) groups is 6. The lowest BCUT2D eigenvalue weighted by Gasteiger charge is -2.26. The van der Waals surface area contributed by atoms with E-state index in [0.29, 0.717) is 12.0 Å². The van der Waals surface area contributed by atoms with Gasteiger partial charge in [-0.2, -0.15) is 0 Å². The van der Waals surface area contributed by atoms with E-state index in [9.17, 15) is 39.0 Å². The van der Waals surface area contributed by atoms with Crippen molar-refractivity contribution < 1.29 is 44.1 Å². The van der Waals surface area contributed by atoms with Gasteiger partial charge in [0.05, 0.1) is 6.04 Å². The predicted molar refractivity (Wildman–Crippen MR) is 157 cm³/mol. The van der Waals surface area contributed by atoms with Crippen LogP contribution < -0.4 is 27.0 Å². The summed E-state index contributed by atoms with van der Waals surface area (Å²) in [6.45, 7) is 8.77. The Morgan fingerprint density at radius 2 is 1.21 bits per heavy atom. The second-order valence-corrected chi connectivity index (χ2v) is 11.4. The second-order valence-electron chi connectivity index (χ2n) is 11.4. The van der Waals surface area contributed by atoms with Gasteiger partial charge in [0, 0.05) is 12.8 Å². The number of carbonyl (C=O) groups excluding carboxylic acids is 4. The summed E-state index contributed by atoms with van der Waals surface area (Å²) in [4.78, 5) is 74.7. The van der Waals surface area contributed by atoms with Crippen LogP contribution in [0.1, 0.15) is 65.9 Å². The van der Waals surface area contributed by atoms with E-state index in [1.54, 1.807) is 0 Å². The molecule has 1 aromatic rings. The maximum absolute atomic E-state index is 13.2. The lowest BCUT2D eigenvalue weighted by molar-refractivity contribution is -0.142. The van der Waals surface area contributed by atoms with Crippen molar-refractivity contribution in [2.75, 3.05) is 0 Å². The van der Waals surface area contributed by atoms with Gasteiger partial charge in [-0.05, 0) is 55.7 Å². The van der Waals surface area contributed by atoms with Crippen LogP contribution in [-0.4, -0.2) is 81.1 Å². The van der Waals surface area contributed by atoms with Crippen LogP contribution >= 0.6 is 0 Å². The highest BCUT2D eigenvalue weighted by Gasteiger charge is 2.31. The summed E-state index contributed by atoms with van der Waals surface area (Å²) in [6.07, 6.45) is -0.274. The lowest BCUT2D eigenvalue weighted by atomic mass is 10.00. The van der Waals surface area contributed by atoms with Crippen molar-refractivity contribution in [2.24, 2.45) is 17.6 Å². The molecule has 14 heteroatoms. The van der Waals surface area contributed by atoms with E-state index < -0.39 is 72.2 Å². The molecule has 0 aliphatic rings. The normalized spacial score (nSPS) is 14.6. The molecule has 5 atom stereocenters. The quantitative estimate of drug-likeness (QED) is 0.113. The maximum atomic E-state index is 13.2.